The van der Waals surface area contributed by atoms with E-state index >= 15 is 0 Å². The zero-order valence-electron chi connectivity index (χ0n) is 16.9. The molecule has 1 aromatic heterocycles. The predicted molar refractivity (Wildman–Crippen MR) is 129 cm³/mol. The highest BCUT2D eigenvalue weighted by Gasteiger charge is 2.27. The summed E-state index contributed by atoms with van der Waals surface area (Å²) in [7, 11) is 1.60. The highest BCUT2D eigenvalue weighted by Crippen LogP contribution is 2.35. The first-order valence-electron chi connectivity index (χ1n) is 9.60. The zero-order valence-corrected chi connectivity index (χ0v) is 20.1. The van der Waals surface area contributed by atoms with Crippen molar-refractivity contribution in [2.75, 3.05) is 18.2 Å². The van der Waals surface area contributed by atoms with Crippen molar-refractivity contribution < 1.29 is 9.53 Å². The maximum atomic E-state index is 13.3. The van der Waals surface area contributed by atoms with Crippen LogP contribution in [0.5, 0.6) is 5.75 Å². The molecule has 9 heteroatoms. The average Bonchev–Trinajstić information content (AvgIpc) is 3.15. The quantitative estimate of drug-likeness (QED) is 0.375. The molecular formula is C22H20BrN3O3S2. The Labute approximate surface area is 196 Å². The maximum absolute atomic E-state index is 13.3. The van der Waals surface area contributed by atoms with Crippen molar-refractivity contribution in [1.82, 2.24) is 9.55 Å². The molecule has 1 unspecified atom stereocenters. The van der Waals surface area contributed by atoms with Crippen LogP contribution in [0, 0.1) is 0 Å². The second-order valence-corrected chi connectivity index (χ2v) is 10.3. The van der Waals surface area contributed by atoms with Gasteiger partial charge in [0, 0.05) is 21.8 Å². The molecule has 0 bridgehead atoms. The van der Waals surface area contributed by atoms with E-state index in [0.717, 1.165) is 16.6 Å². The molecule has 6 nitrogen and oxygen atoms in total. The van der Waals surface area contributed by atoms with Crippen LogP contribution in [0.2, 0.25) is 0 Å². The smallest absolute Gasteiger partial charge is 0.272 e. The van der Waals surface area contributed by atoms with Crippen LogP contribution in [0.1, 0.15) is 12.6 Å². The van der Waals surface area contributed by atoms with Crippen molar-refractivity contribution in [3.8, 4) is 11.4 Å². The summed E-state index contributed by atoms with van der Waals surface area (Å²) in [6.45, 7) is 2.09. The number of nitrogens with zero attached hydrogens (tertiary/aromatic N) is 2. The van der Waals surface area contributed by atoms with Gasteiger partial charge in [-0.15, -0.1) is 11.8 Å². The molecule has 160 valence electrons. The molecule has 0 aliphatic carbocycles. The number of halogens is 1. The Balaban J connectivity index is 1.62. The SMILES string of the molecule is COc1ccc(-n2c(SCC(=O)Nc3ccc(Br)cc3)nc3c(c2=O)SC(C)C3)cc1. The van der Waals surface area contributed by atoms with Crippen molar-refractivity contribution in [1.29, 1.82) is 0 Å². The highest BCUT2D eigenvalue weighted by molar-refractivity contribution is 9.10. The summed E-state index contributed by atoms with van der Waals surface area (Å²) in [4.78, 5) is 31.2. The first-order valence-corrected chi connectivity index (χ1v) is 12.3. The maximum Gasteiger partial charge on any atom is 0.272 e. The lowest BCUT2D eigenvalue weighted by atomic mass is 10.2. The number of carbonyl (C=O) groups is 1. The molecule has 1 aliphatic rings. The van der Waals surface area contributed by atoms with Gasteiger partial charge in [-0.2, -0.15) is 0 Å². The van der Waals surface area contributed by atoms with Gasteiger partial charge in [0.1, 0.15) is 5.75 Å². The molecule has 0 radical (unpaired) electrons. The van der Waals surface area contributed by atoms with Crippen LogP contribution in [-0.2, 0) is 11.2 Å². The Morgan fingerprint density at radius 2 is 1.97 bits per heavy atom. The largest absolute Gasteiger partial charge is 0.497 e. The molecule has 0 spiro atoms. The monoisotopic (exact) mass is 517 g/mol. The van der Waals surface area contributed by atoms with Crippen LogP contribution >= 0.6 is 39.5 Å². The van der Waals surface area contributed by atoms with Crippen LogP contribution in [0.4, 0.5) is 5.69 Å². The highest BCUT2D eigenvalue weighted by atomic mass is 79.9. The predicted octanol–water partition coefficient (Wildman–Crippen LogP) is 4.77. The van der Waals surface area contributed by atoms with Crippen LogP contribution in [0.3, 0.4) is 0 Å². The summed E-state index contributed by atoms with van der Waals surface area (Å²) in [5.74, 6) is 0.684. The summed E-state index contributed by atoms with van der Waals surface area (Å²) in [5.41, 5.74) is 2.12. The number of hydrogen-bond acceptors (Lipinski definition) is 6. The average molecular weight is 518 g/mol. The van der Waals surface area contributed by atoms with E-state index < -0.39 is 0 Å². The summed E-state index contributed by atoms with van der Waals surface area (Å²) in [5, 5.41) is 3.69. The van der Waals surface area contributed by atoms with Gasteiger partial charge in [0.15, 0.2) is 5.16 Å². The number of fused-ring (bicyclic) bond motifs is 1. The Morgan fingerprint density at radius 3 is 2.65 bits per heavy atom. The van der Waals surface area contributed by atoms with E-state index in [1.54, 1.807) is 35.6 Å². The van der Waals surface area contributed by atoms with E-state index in [2.05, 4.69) is 28.2 Å². The minimum atomic E-state index is -0.161. The van der Waals surface area contributed by atoms with E-state index in [1.807, 2.05) is 36.4 Å². The molecule has 1 amide bonds. The molecule has 1 aliphatic heterocycles. The lowest BCUT2D eigenvalue weighted by Gasteiger charge is -2.14. The molecule has 1 N–H and O–H groups in total. The Kier molecular flexibility index (Phi) is 6.74. The Morgan fingerprint density at radius 1 is 1.26 bits per heavy atom. The third-order valence-corrected chi connectivity index (χ3v) is 7.35. The fraction of sp³-hybridized carbons (Fsp3) is 0.227. The van der Waals surface area contributed by atoms with E-state index in [0.29, 0.717) is 32.4 Å². The second-order valence-electron chi connectivity index (χ2n) is 6.99. The van der Waals surface area contributed by atoms with Crippen molar-refractivity contribution in [3.05, 3.63) is 69.1 Å². The fourth-order valence-electron chi connectivity index (χ4n) is 3.22. The first kappa shape index (κ1) is 22.0. The van der Waals surface area contributed by atoms with Crippen LogP contribution in [0.15, 0.2) is 67.9 Å². The number of carbonyl (C=O) groups excluding carboxylic acids is 1. The zero-order chi connectivity index (χ0) is 22.0. The molecule has 31 heavy (non-hydrogen) atoms. The van der Waals surface area contributed by atoms with Crippen LogP contribution < -0.4 is 15.6 Å². The number of methoxy groups -OCH3 is 1. The molecule has 0 fully saturated rings. The molecule has 2 aromatic carbocycles. The van der Waals surface area contributed by atoms with Crippen molar-refractivity contribution in [2.45, 2.75) is 28.6 Å². The molecule has 4 rings (SSSR count). The van der Waals surface area contributed by atoms with E-state index in [1.165, 1.54) is 11.8 Å². The number of amides is 1. The number of rotatable bonds is 6. The number of benzene rings is 2. The van der Waals surface area contributed by atoms with Gasteiger partial charge in [-0.05, 0) is 48.5 Å². The van der Waals surface area contributed by atoms with Gasteiger partial charge in [-0.25, -0.2) is 4.98 Å². The van der Waals surface area contributed by atoms with Crippen molar-refractivity contribution in [2.24, 2.45) is 0 Å². The Hall–Kier alpha value is -2.23. The summed E-state index contributed by atoms with van der Waals surface area (Å²) in [6, 6.07) is 14.6. The molecule has 3 aromatic rings. The third-order valence-electron chi connectivity index (χ3n) is 4.67. The molecule has 2 heterocycles. The number of nitrogens with one attached hydrogen (secondary N) is 1. The number of hydrogen-bond donors (Lipinski definition) is 1. The lowest BCUT2D eigenvalue weighted by Crippen LogP contribution is -2.24. The number of anilines is 1. The van der Waals surface area contributed by atoms with Crippen LogP contribution in [-0.4, -0.2) is 33.6 Å². The summed E-state index contributed by atoms with van der Waals surface area (Å²) < 4.78 is 7.75. The minimum absolute atomic E-state index is 0.0969. The molecule has 0 saturated heterocycles. The summed E-state index contributed by atoms with van der Waals surface area (Å²) in [6.07, 6.45) is 0.747. The topological polar surface area (TPSA) is 73.2 Å². The fourth-order valence-corrected chi connectivity index (χ4v) is 5.41. The van der Waals surface area contributed by atoms with E-state index in [4.69, 9.17) is 9.72 Å². The number of aromatic nitrogens is 2. The van der Waals surface area contributed by atoms with Gasteiger partial charge in [0.2, 0.25) is 5.91 Å². The van der Waals surface area contributed by atoms with Crippen LogP contribution in [0.25, 0.3) is 5.69 Å². The van der Waals surface area contributed by atoms with Gasteiger partial charge in [0.25, 0.3) is 5.56 Å². The molecule has 0 saturated carbocycles. The first-order chi connectivity index (χ1) is 14.9. The minimum Gasteiger partial charge on any atom is -0.497 e. The van der Waals surface area contributed by atoms with Gasteiger partial charge < -0.3 is 10.1 Å². The standard InChI is InChI=1S/C22H20BrN3O3S2/c1-13-11-18-20(31-13)21(28)26(16-7-9-17(29-2)10-8-16)22(25-18)30-12-19(27)24-15-5-3-14(23)4-6-15/h3-10,13H,11-12H2,1-2H3,(H,24,27). The van der Waals surface area contributed by atoms with Crippen molar-refractivity contribution in [3.63, 3.8) is 0 Å². The Bertz CT molecular complexity index is 1160. The second kappa shape index (κ2) is 9.50. The van der Waals surface area contributed by atoms with Gasteiger partial charge in [0.05, 0.1) is 29.1 Å². The van der Waals surface area contributed by atoms with Crippen molar-refractivity contribution >= 4 is 51.0 Å². The number of ether oxygens (including phenoxy) is 1. The molecular weight excluding hydrogens is 498 g/mol. The molecule has 1 atom stereocenters. The van der Waals surface area contributed by atoms with Gasteiger partial charge >= 0.3 is 0 Å². The normalized spacial score (nSPS) is 14.9. The summed E-state index contributed by atoms with van der Waals surface area (Å²) >= 11 is 6.19. The van der Waals surface area contributed by atoms with E-state index in [9.17, 15) is 9.59 Å². The van der Waals surface area contributed by atoms with E-state index in [-0.39, 0.29) is 17.2 Å². The van der Waals surface area contributed by atoms with Gasteiger partial charge in [-0.3, -0.25) is 14.2 Å². The van der Waals surface area contributed by atoms with Gasteiger partial charge in [-0.1, -0.05) is 34.6 Å². The number of thioether (sulfide) groups is 2. The third kappa shape index (κ3) is 4.99. The lowest BCUT2D eigenvalue weighted by molar-refractivity contribution is -0.113.